The van der Waals surface area contributed by atoms with Gasteiger partial charge in [-0.25, -0.2) is 0 Å². The fraction of sp³-hybridized carbons (Fsp3) is 0.368. The van der Waals surface area contributed by atoms with Crippen LogP contribution in [0.1, 0.15) is 21.8 Å². The van der Waals surface area contributed by atoms with Crippen LogP contribution in [0.4, 0.5) is 0 Å². The summed E-state index contributed by atoms with van der Waals surface area (Å²) in [5, 5.41) is 5.26. The fourth-order valence-corrected chi connectivity index (χ4v) is 3.87. The first-order chi connectivity index (χ1) is 12.2. The van der Waals surface area contributed by atoms with E-state index in [-0.39, 0.29) is 17.7 Å². The van der Waals surface area contributed by atoms with Gasteiger partial charge in [-0.2, -0.15) is 5.10 Å². The topological polar surface area (TPSA) is 63.1 Å². The molecule has 3 aromatic rings. The van der Waals surface area contributed by atoms with Gasteiger partial charge < -0.3 is 14.6 Å². The third-order valence-electron chi connectivity index (χ3n) is 5.09. The zero-order valence-electron chi connectivity index (χ0n) is 14.5. The molecule has 1 aromatic carbocycles. The molecule has 25 heavy (non-hydrogen) atoms. The van der Waals surface area contributed by atoms with Crippen molar-refractivity contribution < 1.29 is 9.53 Å². The Balaban J connectivity index is 1.62. The minimum absolute atomic E-state index is 0.0812. The number of aromatic amines is 1. The molecule has 1 fully saturated rings. The van der Waals surface area contributed by atoms with Crippen LogP contribution in [0, 0.1) is 5.92 Å². The predicted molar refractivity (Wildman–Crippen MR) is 95.5 cm³/mol. The Labute approximate surface area is 146 Å². The molecule has 1 aliphatic rings. The van der Waals surface area contributed by atoms with Gasteiger partial charge in [-0.15, -0.1) is 0 Å². The summed E-state index contributed by atoms with van der Waals surface area (Å²) in [6.07, 6.45) is 5.81. The first kappa shape index (κ1) is 15.9. The van der Waals surface area contributed by atoms with Crippen LogP contribution < -0.4 is 0 Å². The van der Waals surface area contributed by atoms with Gasteiger partial charge >= 0.3 is 0 Å². The summed E-state index contributed by atoms with van der Waals surface area (Å²) in [4.78, 5) is 18.3. The van der Waals surface area contributed by atoms with E-state index in [1.807, 2.05) is 59.5 Å². The number of methoxy groups -OCH3 is 1. The molecule has 2 aromatic heterocycles. The lowest BCUT2D eigenvalue weighted by Crippen LogP contribution is -2.29. The van der Waals surface area contributed by atoms with Crippen LogP contribution in [0.3, 0.4) is 0 Å². The molecule has 0 unspecified atom stereocenters. The smallest absolute Gasteiger partial charge is 0.254 e. The van der Waals surface area contributed by atoms with E-state index < -0.39 is 0 Å². The van der Waals surface area contributed by atoms with Crippen LogP contribution in [0.5, 0.6) is 0 Å². The SMILES string of the molecule is COC[C@@H]1CN(C(=O)c2cccc3[nH]ccc23)C[C@H]1c1cnn(C)c1. The summed E-state index contributed by atoms with van der Waals surface area (Å²) < 4.78 is 7.22. The summed E-state index contributed by atoms with van der Waals surface area (Å²) >= 11 is 0. The summed E-state index contributed by atoms with van der Waals surface area (Å²) in [6.45, 7) is 2.03. The van der Waals surface area contributed by atoms with Crippen molar-refractivity contribution in [1.82, 2.24) is 19.7 Å². The number of benzene rings is 1. The number of nitrogens with zero attached hydrogens (tertiary/aromatic N) is 3. The van der Waals surface area contributed by atoms with Gasteiger partial charge in [-0.3, -0.25) is 9.48 Å². The van der Waals surface area contributed by atoms with Crippen LogP contribution in [-0.2, 0) is 11.8 Å². The number of likely N-dealkylation sites (tertiary alicyclic amines) is 1. The Morgan fingerprint density at radius 1 is 1.36 bits per heavy atom. The summed E-state index contributed by atoms with van der Waals surface area (Å²) in [5.74, 6) is 0.615. The summed E-state index contributed by atoms with van der Waals surface area (Å²) in [5.41, 5.74) is 2.91. The average molecular weight is 338 g/mol. The van der Waals surface area contributed by atoms with Crippen molar-refractivity contribution in [1.29, 1.82) is 0 Å². The van der Waals surface area contributed by atoms with Crippen LogP contribution >= 0.6 is 0 Å². The minimum Gasteiger partial charge on any atom is -0.384 e. The van der Waals surface area contributed by atoms with E-state index in [4.69, 9.17) is 4.74 Å². The zero-order chi connectivity index (χ0) is 17.4. The third-order valence-corrected chi connectivity index (χ3v) is 5.09. The van der Waals surface area contributed by atoms with Crippen LogP contribution in [-0.4, -0.2) is 52.4 Å². The van der Waals surface area contributed by atoms with Gasteiger partial charge in [-0.05, 0) is 23.8 Å². The van der Waals surface area contributed by atoms with Gasteiger partial charge in [0.2, 0.25) is 0 Å². The number of aryl methyl sites for hydroxylation is 1. The first-order valence-electron chi connectivity index (χ1n) is 8.50. The van der Waals surface area contributed by atoms with Crippen LogP contribution in [0.15, 0.2) is 42.9 Å². The van der Waals surface area contributed by atoms with E-state index in [2.05, 4.69) is 10.1 Å². The maximum atomic E-state index is 13.1. The second-order valence-electron chi connectivity index (χ2n) is 6.72. The number of carbonyl (C=O) groups excluding carboxylic acids is 1. The van der Waals surface area contributed by atoms with E-state index in [1.54, 1.807) is 7.11 Å². The highest BCUT2D eigenvalue weighted by atomic mass is 16.5. The van der Waals surface area contributed by atoms with Crippen molar-refractivity contribution in [2.45, 2.75) is 5.92 Å². The van der Waals surface area contributed by atoms with Crippen molar-refractivity contribution >= 4 is 16.8 Å². The number of carbonyl (C=O) groups is 1. The molecule has 0 bridgehead atoms. The number of amides is 1. The second kappa shape index (κ2) is 6.37. The molecular formula is C19H22N4O2. The Kier molecular flexibility index (Phi) is 4.05. The molecule has 130 valence electrons. The largest absolute Gasteiger partial charge is 0.384 e. The number of ether oxygens (including phenoxy) is 1. The minimum atomic E-state index is 0.0812. The molecule has 1 N–H and O–H groups in total. The maximum absolute atomic E-state index is 13.1. The lowest BCUT2D eigenvalue weighted by Gasteiger charge is -2.17. The predicted octanol–water partition coefficient (Wildman–Crippen LogP) is 2.40. The van der Waals surface area contributed by atoms with Gasteiger partial charge in [0.15, 0.2) is 0 Å². The number of hydrogen-bond donors (Lipinski definition) is 1. The van der Waals surface area contributed by atoms with Crippen molar-refractivity contribution in [3.05, 3.63) is 54.0 Å². The highest BCUT2D eigenvalue weighted by molar-refractivity contribution is 6.06. The van der Waals surface area contributed by atoms with Crippen molar-refractivity contribution in [2.24, 2.45) is 13.0 Å². The molecule has 1 aliphatic heterocycles. The Morgan fingerprint density at radius 2 is 2.24 bits per heavy atom. The van der Waals surface area contributed by atoms with E-state index in [1.165, 1.54) is 5.56 Å². The molecule has 6 heteroatoms. The second-order valence-corrected chi connectivity index (χ2v) is 6.72. The van der Waals surface area contributed by atoms with Gasteiger partial charge in [-0.1, -0.05) is 6.07 Å². The van der Waals surface area contributed by atoms with Gasteiger partial charge in [0.25, 0.3) is 5.91 Å². The van der Waals surface area contributed by atoms with E-state index in [0.717, 1.165) is 16.5 Å². The van der Waals surface area contributed by atoms with Crippen LogP contribution in [0.25, 0.3) is 10.9 Å². The van der Waals surface area contributed by atoms with Crippen molar-refractivity contribution in [3.63, 3.8) is 0 Å². The number of rotatable bonds is 4. The Hall–Kier alpha value is -2.60. The molecule has 0 radical (unpaired) electrons. The molecule has 6 nitrogen and oxygen atoms in total. The standard InChI is InChI=1S/C19H22N4O2/c1-22-9-13(8-21-22)17-11-23(10-14(17)12-25-2)19(24)16-4-3-5-18-15(16)6-7-20-18/h3-9,14,17,20H,10-12H2,1-2H3/t14-,17-/m0/s1. The van der Waals surface area contributed by atoms with Gasteiger partial charge in [0, 0.05) is 67.9 Å². The number of fused-ring (bicyclic) bond motifs is 1. The maximum Gasteiger partial charge on any atom is 0.254 e. The summed E-state index contributed by atoms with van der Waals surface area (Å²) in [7, 11) is 3.63. The number of hydrogen-bond acceptors (Lipinski definition) is 3. The van der Waals surface area contributed by atoms with Gasteiger partial charge in [0.05, 0.1) is 12.8 Å². The molecule has 0 spiro atoms. The highest BCUT2D eigenvalue weighted by Crippen LogP contribution is 2.34. The molecule has 1 amide bonds. The molecule has 1 saturated heterocycles. The van der Waals surface area contributed by atoms with E-state index >= 15 is 0 Å². The first-order valence-corrected chi connectivity index (χ1v) is 8.50. The van der Waals surface area contributed by atoms with E-state index in [9.17, 15) is 4.79 Å². The third kappa shape index (κ3) is 2.82. The van der Waals surface area contributed by atoms with Gasteiger partial charge in [0.1, 0.15) is 0 Å². The summed E-state index contributed by atoms with van der Waals surface area (Å²) in [6, 6.07) is 7.78. The lowest BCUT2D eigenvalue weighted by molar-refractivity contribution is 0.0777. The van der Waals surface area contributed by atoms with Crippen molar-refractivity contribution in [2.75, 3.05) is 26.8 Å². The molecule has 2 atom stereocenters. The molecule has 4 rings (SSSR count). The Bertz CT molecular complexity index is 898. The molecular weight excluding hydrogens is 316 g/mol. The monoisotopic (exact) mass is 338 g/mol. The number of H-pyrrole nitrogens is 1. The quantitative estimate of drug-likeness (QED) is 0.794. The van der Waals surface area contributed by atoms with Crippen LogP contribution in [0.2, 0.25) is 0 Å². The molecule has 3 heterocycles. The highest BCUT2D eigenvalue weighted by Gasteiger charge is 2.37. The number of aromatic nitrogens is 3. The van der Waals surface area contributed by atoms with E-state index in [0.29, 0.717) is 19.7 Å². The molecule has 0 aliphatic carbocycles. The normalized spacial score (nSPS) is 20.5. The Morgan fingerprint density at radius 3 is 3.00 bits per heavy atom. The zero-order valence-corrected chi connectivity index (χ0v) is 14.5. The lowest BCUT2D eigenvalue weighted by atomic mass is 9.92. The fourth-order valence-electron chi connectivity index (χ4n) is 3.87. The molecule has 0 saturated carbocycles. The average Bonchev–Trinajstić information content (AvgIpc) is 3.33. The van der Waals surface area contributed by atoms with Crippen molar-refractivity contribution in [3.8, 4) is 0 Å². The number of nitrogens with one attached hydrogen (secondary N) is 1.